The van der Waals surface area contributed by atoms with Gasteiger partial charge in [0.2, 0.25) is 0 Å². The van der Waals surface area contributed by atoms with Gasteiger partial charge in [-0.2, -0.15) is 0 Å². The lowest BCUT2D eigenvalue weighted by Gasteiger charge is -2.32. The Morgan fingerprint density at radius 3 is 2.58 bits per heavy atom. The second-order valence-electron chi connectivity index (χ2n) is 6.48. The molecule has 1 amide bonds. The molecule has 2 aromatic carbocycles. The zero-order valence-corrected chi connectivity index (χ0v) is 15.9. The molecule has 26 heavy (non-hydrogen) atoms. The van der Waals surface area contributed by atoms with Crippen molar-refractivity contribution >= 4 is 34.8 Å². The van der Waals surface area contributed by atoms with E-state index < -0.39 is 11.7 Å². The minimum atomic E-state index is -0.676. The van der Waals surface area contributed by atoms with Crippen molar-refractivity contribution in [2.75, 3.05) is 38.5 Å². The van der Waals surface area contributed by atoms with Gasteiger partial charge in [-0.1, -0.05) is 35.3 Å². The van der Waals surface area contributed by atoms with Crippen LogP contribution < -0.4 is 5.32 Å². The second-order valence-corrected chi connectivity index (χ2v) is 7.29. The molecule has 0 aliphatic carbocycles. The molecule has 4 nitrogen and oxygen atoms in total. The summed E-state index contributed by atoms with van der Waals surface area (Å²) in [5.41, 5.74) is 1.81. The van der Waals surface area contributed by atoms with Gasteiger partial charge < -0.3 is 10.2 Å². The zero-order valence-electron chi connectivity index (χ0n) is 14.4. The standard InChI is InChI=1S/C19H20Cl2FN3O/c1-24-5-7-25(8-6-24)12-13-3-2-4-14(9-13)23-19(26)15-10-18(22)17(21)11-16(15)20/h2-4,9-11H,5-8,12H2,1H3,(H,23,26). The van der Waals surface area contributed by atoms with Gasteiger partial charge in [0.25, 0.3) is 5.91 Å². The lowest BCUT2D eigenvalue weighted by molar-refractivity contribution is 0.102. The first kappa shape index (κ1) is 19.1. The number of hydrogen-bond acceptors (Lipinski definition) is 3. The Bertz CT molecular complexity index is 807. The molecular formula is C19H20Cl2FN3O. The number of piperazine rings is 1. The molecule has 0 atom stereocenters. The Labute approximate surface area is 162 Å². The molecule has 1 heterocycles. The summed E-state index contributed by atoms with van der Waals surface area (Å²) in [6.07, 6.45) is 0. The van der Waals surface area contributed by atoms with E-state index in [1.54, 1.807) is 6.07 Å². The number of anilines is 1. The predicted octanol–water partition coefficient (Wildman–Crippen LogP) is 4.13. The highest BCUT2D eigenvalue weighted by atomic mass is 35.5. The molecule has 7 heteroatoms. The van der Waals surface area contributed by atoms with Crippen LogP contribution in [0.5, 0.6) is 0 Å². The number of carbonyl (C=O) groups is 1. The van der Waals surface area contributed by atoms with Gasteiger partial charge in [-0.15, -0.1) is 0 Å². The Balaban J connectivity index is 1.68. The predicted molar refractivity (Wildman–Crippen MR) is 104 cm³/mol. The van der Waals surface area contributed by atoms with Gasteiger partial charge >= 0.3 is 0 Å². The van der Waals surface area contributed by atoms with Crippen LogP contribution in [0.3, 0.4) is 0 Å². The summed E-state index contributed by atoms with van der Waals surface area (Å²) in [7, 11) is 2.12. The minimum absolute atomic E-state index is 0.0537. The quantitative estimate of drug-likeness (QED) is 0.790. The molecule has 0 unspecified atom stereocenters. The maximum atomic E-state index is 13.6. The number of nitrogens with one attached hydrogen (secondary N) is 1. The van der Waals surface area contributed by atoms with Crippen LogP contribution in [-0.4, -0.2) is 48.9 Å². The molecule has 3 rings (SSSR count). The topological polar surface area (TPSA) is 35.6 Å². The number of hydrogen-bond donors (Lipinski definition) is 1. The summed E-state index contributed by atoms with van der Waals surface area (Å²) >= 11 is 11.7. The number of carbonyl (C=O) groups excluding carboxylic acids is 1. The Morgan fingerprint density at radius 2 is 1.85 bits per heavy atom. The van der Waals surface area contributed by atoms with Crippen molar-refractivity contribution in [3.63, 3.8) is 0 Å². The van der Waals surface area contributed by atoms with Crippen molar-refractivity contribution in [2.45, 2.75) is 6.54 Å². The van der Waals surface area contributed by atoms with Crippen molar-refractivity contribution < 1.29 is 9.18 Å². The highest BCUT2D eigenvalue weighted by Crippen LogP contribution is 2.25. The third kappa shape index (κ3) is 4.74. The van der Waals surface area contributed by atoms with Crippen LogP contribution in [0.15, 0.2) is 36.4 Å². The van der Waals surface area contributed by atoms with Crippen LogP contribution in [0, 0.1) is 5.82 Å². The molecule has 1 N–H and O–H groups in total. The summed E-state index contributed by atoms with van der Waals surface area (Å²) in [6, 6.07) is 9.93. The number of likely N-dealkylation sites (N-methyl/N-ethyl adjacent to an activating group) is 1. The maximum Gasteiger partial charge on any atom is 0.257 e. The first-order valence-electron chi connectivity index (χ1n) is 8.38. The largest absolute Gasteiger partial charge is 0.322 e. The van der Waals surface area contributed by atoms with Crippen LogP contribution in [0.4, 0.5) is 10.1 Å². The van der Waals surface area contributed by atoms with E-state index >= 15 is 0 Å². The van der Waals surface area contributed by atoms with E-state index in [4.69, 9.17) is 23.2 Å². The Kier molecular flexibility index (Phi) is 6.14. The number of amides is 1. The summed E-state index contributed by atoms with van der Waals surface area (Å²) in [6.45, 7) is 4.97. The van der Waals surface area contributed by atoms with E-state index in [0.717, 1.165) is 44.4 Å². The van der Waals surface area contributed by atoms with Crippen molar-refractivity contribution in [1.82, 2.24) is 9.80 Å². The first-order valence-corrected chi connectivity index (χ1v) is 9.13. The lowest BCUT2D eigenvalue weighted by Crippen LogP contribution is -2.43. The highest BCUT2D eigenvalue weighted by Gasteiger charge is 2.16. The van der Waals surface area contributed by atoms with Gasteiger partial charge in [-0.05, 0) is 36.9 Å². The van der Waals surface area contributed by atoms with Gasteiger partial charge in [0.05, 0.1) is 15.6 Å². The molecule has 1 saturated heterocycles. The van der Waals surface area contributed by atoms with Crippen molar-refractivity contribution in [2.24, 2.45) is 0 Å². The molecule has 0 bridgehead atoms. The number of halogens is 3. The van der Waals surface area contributed by atoms with E-state index in [2.05, 4.69) is 22.2 Å². The SMILES string of the molecule is CN1CCN(Cc2cccc(NC(=O)c3cc(F)c(Cl)cc3Cl)c2)CC1. The number of nitrogens with zero attached hydrogens (tertiary/aromatic N) is 2. The van der Waals surface area contributed by atoms with Crippen LogP contribution >= 0.6 is 23.2 Å². The van der Waals surface area contributed by atoms with Crippen molar-refractivity contribution in [3.8, 4) is 0 Å². The van der Waals surface area contributed by atoms with Crippen LogP contribution in [0.1, 0.15) is 15.9 Å². The van der Waals surface area contributed by atoms with Crippen molar-refractivity contribution in [3.05, 3.63) is 63.4 Å². The fourth-order valence-electron chi connectivity index (χ4n) is 2.91. The average Bonchev–Trinajstić information content (AvgIpc) is 2.60. The van der Waals surface area contributed by atoms with Crippen LogP contribution in [-0.2, 0) is 6.54 Å². The second kappa shape index (κ2) is 8.35. The third-order valence-electron chi connectivity index (χ3n) is 4.44. The summed E-state index contributed by atoms with van der Waals surface area (Å²) < 4.78 is 13.6. The molecule has 0 saturated carbocycles. The van der Waals surface area contributed by atoms with Gasteiger partial charge in [0.15, 0.2) is 0 Å². The van der Waals surface area contributed by atoms with Gasteiger partial charge in [-0.25, -0.2) is 4.39 Å². The number of rotatable bonds is 4. The molecule has 1 aliphatic rings. The zero-order chi connectivity index (χ0) is 18.7. The van der Waals surface area contributed by atoms with Crippen LogP contribution in [0.2, 0.25) is 10.0 Å². The maximum absolute atomic E-state index is 13.6. The van der Waals surface area contributed by atoms with E-state index in [9.17, 15) is 9.18 Å². The third-order valence-corrected chi connectivity index (χ3v) is 5.04. The van der Waals surface area contributed by atoms with Gasteiger partial charge in [-0.3, -0.25) is 9.69 Å². The molecule has 1 aliphatic heterocycles. The van der Waals surface area contributed by atoms with E-state index in [0.29, 0.717) is 5.69 Å². The van der Waals surface area contributed by atoms with E-state index in [-0.39, 0.29) is 15.6 Å². The minimum Gasteiger partial charge on any atom is -0.322 e. The van der Waals surface area contributed by atoms with E-state index in [1.165, 1.54) is 6.07 Å². The summed E-state index contributed by atoms with van der Waals surface area (Å²) in [4.78, 5) is 17.1. The Morgan fingerprint density at radius 1 is 1.12 bits per heavy atom. The number of benzene rings is 2. The van der Waals surface area contributed by atoms with Gasteiger partial charge in [0, 0.05) is 38.4 Å². The molecule has 0 spiro atoms. The molecule has 0 aromatic heterocycles. The first-order chi connectivity index (χ1) is 12.4. The van der Waals surface area contributed by atoms with Crippen molar-refractivity contribution in [1.29, 1.82) is 0 Å². The van der Waals surface area contributed by atoms with Crippen LogP contribution in [0.25, 0.3) is 0 Å². The Hall–Kier alpha value is -1.66. The summed E-state index contributed by atoms with van der Waals surface area (Å²) in [5, 5.41) is 2.77. The molecule has 1 fully saturated rings. The fraction of sp³-hybridized carbons (Fsp3) is 0.316. The lowest BCUT2D eigenvalue weighted by atomic mass is 10.1. The summed E-state index contributed by atoms with van der Waals surface area (Å²) in [5.74, 6) is -1.15. The van der Waals surface area contributed by atoms with Gasteiger partial charge in [0.1, 0.15) is 5.82 Å². The normalized spacial score (nSPS) is 15.8. The highest BCUT2D eigenvalue weighted by molar-refractivity contribution is 6.37. The molecular weight excluding hydrogens is 376 g/mol. The molecule has 2 aromatic rings. The monoisotopic (exact) mass is 395 g/mol. The molecule has 0 radical (unpaired) electrons. The average molecular weight is 396 g/mol. The smallest absolute Gasteiger partial charge is 0.257 e. The molecule has 138 valence electrons. The fourth-order valence-corrected chi connectivity index (χ4v) is 3.38. The van der Waals surface area contributed by atoms with E-state index in [1.807, 2.05) is 18.2 Å².